The molecule has 0 fully saturated rings. The van der Waals surface area contributed by atoms with E-state index < -0.39 is 15.4 Å². The molecule has 4 nitrogen and oxygen atoms in total. The maximum atomic E-state index is 11.2. The second-order valence-corrected chi connectivity index (χ2v) is 8.76. The molecule has 2 unspecified atom stereocenters. The molecule has 0 saturated heterocycles. The van der Waals surface area contributed by atoms with Gasteiger partial charge >= 0.3 is 51.4 Å². The number of rotatable bonds is 17. The molecule has 0 aromatic rings. The molecule has 0 saturated carbocycles. The third-order valence-electron chi connectivity index (χ3n) is 4.74. The van der Waals surface area contributed by atoms with Crippen LogP contribution in [0.3, 0.4) is 0 Å². The smallest absolute Gasteiger partial charge is 0.748 e. The van der Waals surface area contributed by atoms with Gasteiger partial charge in [0.05, 0.1) is 16.2 Å². The van der Waals surface area contributed by atoms with E-state index in [9.17, 15) is 18.1 Å². The third-order valence-corrected chi connectivity index (χ3v) is 6.03. The minimum atomic E-state index is -4.15. The van der Waals surface area contributed by atoms with Gasteiger partial charge in [0.2, 0.25) is 0 Å². The van der Waals surface area contributed by atoms with E-state index in [2.05, 4.69) is 6.92 Å². The zero-order valence-corrected chi connectivity index (χ0v) is 20.8. The molecule has 0 heterocycles. The van der Waals surface area contributed by atoms with Gasteiger partial charge in [0.1, 0.15) is 0 Å². The first-order valence-corrected chi connectivity index (χ1v) is 11.5. The molecule has 0 aliphatic carbocycles. The summed E-state index contributed by atoms with van der Waals surface area (Å²) in [5.41, 5.74) is 0. The summed E-state index contributed by atoms with van der Waals surface area (Å²) >= 11 is 0. The molecular weight excluding hydrogens is 363 g/mol. The standard InChI is InChI=1S/C19H40O4S.K/c1-3-5-7-8-11-14-18(20)15-12-9-10-13-17-19(16-6-4-2)24(21,22)23;/h18-20H,3-17H2,1-2H3,(H,21,22,23);/q;+1/p-1. The van der Waals surface area contributed by atoms with E-state index in [0.717, 1.165) is 57.8 Å². The summed E-state index contributed by atoms with van der Waals surface area (Å²) < 4.78 is 33.7. The Morgan fingerprint density at radius 2 is 1.12 bits per heavy atom. The van der Waals surface area contributed by atoms with Crippen molar-refractivity contribution >= 4 is 10.1 Å². The first-order valence-electron chi connectivity index (χ1n) is 10.0. The third kappa shape index (κ3) is 18.6. The molecule has 0 aromatic heterocycles. The van der Waals surface area contributed by atoms with Gasteiger partial charge in [0.25, 0.3) is 0 Å². The monoisotopic (exact) mass is 402 g/mol. The zero-order chi connectivity index (χ0) is 18.3. The molecule has 0 radical (unpaired) electrons. The Labute approximate surface area is 199 Å². The number of unbranched alkanes of at least 4 members (excludes halogenated alkanes) is 8. The van der Waals surface area contributed by atoms with Crippen molar-refractivity contribution in [2.75, 3.05) is 0 Å². The van der Waals surface area contributed by atoms with Gasteiger partial charge in [-0.3, -0.25) is 0 Å². The van der Waals surface area contributed by atoms with Crippen LogP contribution in [0.5, 0.6) is 0 Å². The van der Waals surface area contributed by atoms with E-state index in [1.807, 2.05) is 6.92 Å². The Hall–Kier alpha value is 1.51. The Morgan fingerprint density at radius 3 is 1.56 bits per heavy atom. The summed E-state index contributed by atoms with van der Waals surface area (Å²) in [6.45, 7) is 4.21. The Balaban J connectivity index is 0. The predicted molar refractivity (Wildman–Crippen MR) is 100 cm³/mol. The number of aliphatic hydroxyl groups is 1. The molecular formula is C19H39KO4S. The summed E-state index contributed by atoms with van der Waals surface area (Å²) in [7, 11) is -4.15. The molecule has 0 aliphatic rings. The number of aliphatic hydroxyl groups excluding tert-OH is 1. The predicted octanol–water partition coefficient (Wildman–Crippen LogP) is 2.16. The van der Waals surface area contributed by atoms with Crippen LogP contribution < -0.4 is 51.4 Å². The van der Waals surface area contributed by atoms with Crippen molar-refractivity contribution < 1.29 is 69.5 Å². The van der Waals surface area contributed by atoms with Gasteiger partial charge in [-0.15, -0.1) is 0 Å². The summed E-state index contributed by atoms with van der Waals surface area (Å²) in [5, 5.41) is 9.23. The van der Waals surface area contributed by atoms with Gasteiger partial charge in [0.15, 0.2) is 0 Å². The SMILES string of the molecule is CCCCCCCC(O)CCCCCCC(CCCC)S(=O)(=O)[O-].[K+]. The van der Waals surface area contributed by atoms with Crippen molar-refractivity contribution in [3.8, 4) is 0 Å². The molecule has 0 amide bonds. The Kier molecular flexibility index (Phi) is 21.7. The van der Waals surface area contributed by atoms with Crippen molar-refractivity contribution in [2.45, 2.75) is 122 Å². The Morgan fingerprint density at radius 1 is 0.720 bits per heavy atom. The molecule has 25 heavy (non-hydrogen) atoms. The maximum Gasteiger partial charge on any atom is 1.00 e. The summed E-state index contributed by atoms with van der Waals surface area (Å²) in [5.74, 6) is 0. The number of hydrogen-bond acceptors (Lipinski definition) is 4. The van der Waals surface area contributed by atoms with Crippen LogP contribution in [0.1, 0.15) is 110 Å². The van der Waals surface area contributed by atoms with E-state index in [1.54, 1.807) is 0 Å². The van der Waals surface area contributed by atoms with Crippen LogP contribution >= 0.6 is 0 Å². The molecule has 1 N–H and O–H groups in total. The van der Waals surface area contributed by atoms with Crippen LogP contribution in [0.25, 0.3) is 0 Å². The first-order chi connectivity index (χ1) is 11.4. The van der Waals surface area contributed by atoms with Crippen molar-refractivity contribution in [1.29, 1.82) is 0 Å². The summed E-state index contributed by atoms with van der Waals surface area (Å²) in [4.78, 5) is 0. The van der Waals surface area contributed by atoms with Gasteiger partial charge in [-0.25, -0.2) is 8.42 Å². The topological polar surface area (TPSA) is 77.4 Å². The normalized spacial score (nSPS) is 14.1. The molecule has 0 rings (SSSR count). The van der Waals surface area contributed by atoms with Crippen molar-refractivity contribution in [2.24, 2.45) is 0 Å². The second-order valence-electron chi connectivity index (χ2n) is 7.11. The second kappa shape index (κ2) is 18.9. The van der Waals surface area contributed by atoms with Gasteiger partial charge < -0.3 is 9.66 Å². The van der Waals surface area contributed by atoms with Gasteiger partial charge in [-0.2, -0.15) is 0 Å². The number of hydrogen-bond donors (Lipinski definition) is 1. The largest absolute Gasteiger partial charge is 1.00 e. The van der Waals surface area contributed by atoms with E-state index in [0.29, 0.717) is 12.8 Å². The molecule has 0 bridgehead atoms. The fraction of sp³-hybridized carbons (Fsp3) is 1.00. The molecule has 146 valence electrons. The van der Waals surface area contributed by atoms with Crippen LogP contribution in [0.15, 0.2) is 0 Å². The zero-order valence-electron chi connectivity index (χ0n) is 16.8. The van der Waals surface area contributed by atoms with Crippen LogP contribution in [0, 0.1) is 0 Å². The van der Waals surface area contributed by atoms with Crippen molar-refractivity contribution in [3.05, 3.63) is 0 Å². The fourth-order valence-electron chi connectivity index (χ4n) is 3.10. The summed E-state index contributed by atoms with van der Waals surface area (Å²) in [6, 6.07) is 0. The average Bonchev–Trinajstić information content (AvgIpc) is 2.52. The van der Waals surface area contributed by atoms with Crippen molar-refractivity contribution in [3.63, 3.8) is 0 Å². The fourth-order valence-corrected chi connectivity index (χ4v) is 4.01. The van der Waals surface area contributed by atoms with Gasteiger partial charge in [0, 0.05) is 5.25 Å². The average molecular weight is 403 g/mol. The molecule has 0 spiro atoms. The van der Waals surface area contributed by atoms with Gasteiger partial charge in [-0.1, -0.05) is 84.5 Å². The minimum Gasteiger partial charge on any atom is -0.748 e. The quantitative estimate of drug-likeness (QED) is 0.230. The minimum absolute atomic E-state index is 0. The van der Waals surface area contributed by atoms with E-state index in [4.69, 9.17) is 0 Å². The first kappa shape index (κ1) is 28.7. The molecule has 0 aromatic carbocycles. The van der Waals surface area contributed by atoms with Crippen molar-refractivity contribution in [1.82, 2.24) is 0 Å². The van der Waals surface area contributed by atoms with Crippen LogP contribution in [0.2, 0.25) is 0 Å². The summed E-state index contributed by atoms with van der Waals surface area (Å²) in [6.07, 6.45) is 14.1. The van der Waals surface area contributed by atoms with E-state index in [-0.39, 0.29) is 57.5 Å². The van der Waals surface area contributed by atoms with E-state index in [1.165, 1.54) is 25.7 Å². The van der Waals surface area contributed by atoms with Crippen LogP contribution in [-0.2, 0) is 10.1 Å². The molecule has 0 aliphatic heterocycles. The van der Waals surface area contributed by atoms with E-state index >= 15 is 0 Å². The Bertz CT molecular complexity index is 374. The molecule has 6 heteroatoms. The van der Waals surface area contributed by atoms with Gasteiger partial charge in [-0.05, 0) is 25.7 Å². The van der Waals surface area contributed by atoms with Crippen LogP contribution in [-0.4, -0.2) is 29.4 Å². The maximum absolute atomic E-state index is 11.2. The van der Waals surface area contributed by atoms with Crippen LogP contribution in [0.4, 0.5) is 0 Å². The molecule has 2 atom stereocenters.